The Balaban J connectivity index is 1.51. The van der Waals surface area contributed by atoms with Gasteiger partial charge in [-0.05, 0) is 31.7 Å². The molecule has 1 aromatic heterocycles. The van der Waals surface area contributed by atoms with E-state index in [4.69, 9.17) is 5.10 Å². The Bertz CT molecular complexity index is 1020. The molecule has 0 radical (unpaired) electrons. The Morgan fingerprint density at radius 2 is 1.77 bits per heavy atom. The molecule has 0 bridgehead atoms. The molecule has 3 aromatic rings. The highest BCUT2D eigenvalue weighted by Gasteiger charge is 2.16. The molecule has 1 aliphatic rings. The summed E-state index contributed by atoms with van der Waals surface area (Å²) in [6.07, 6.45) is 1.90. The van der Waals surface area contributed by atoms with E-state index in [9.17, 15) is 8.78 Å². The van der Waals surface area contributed by atoms with Crippen LogP contribution < -0.4 is 5.32 Å². The number of benzene rings is 2. The van der Waals surface area contributed by atoms with Gasteiger partial charge in [-0.15, -0.1) is 0 Å². The van der Waals surface area contributed by atoms with E-state index in [1.165, 1.54) is 12.1 Å². The second kappa shape index (κ2) is 9.68. The molecule has 5 nitrogen and oxygen atoms in total. The zero-order chi connectivity index (χ0) is 21.8. The van der Waals surface area contributed by atoms with Gasteiger partial charge in [-0.1, -0.05) is 24.3 Å². The van der Waals surface area contributed by atoms with Crippen molar-refractivity contribution < 1.29 is 8.78 Å². The topological polar surface area (TPSA) is 36.3 Å². The second-order valence-electron chi connectivity index (χ2n) is 8.18. The monoisotopic (exact) mass is 425 g/mol. The third-order valence-electron chi connectivity index (χ3n) is 5.87. The number of halogens is 2. The Morgan fingerprint density at radius 1 is 1.00 bits per heavy atom. The molecule has 1 saturated heterocycles. The van der Waals surface area contributed by atoms with Crippen LogP contribution in [0.5, 0.6) is 0 Å². The lowest BCUT2D eigenvalue weighted by Crippen LogP contribution is -2.46. The SMILES string of the molecule is Cc1ccccc1-c1nn(-c2ccc(F)c(F)c2)cc1CNCCN1CCN(C)CC1. The standard InChI is InChI=1S/C24H29F2N5/c1-18-5-3-4-6-21(18)24-19(16-27-9-10-30-13-11-29(2)12-14-30)17-31(28-24)20-7-8-22(25)23(26)15-20/h3-8,15,17,27H,9-14,16H2,1-2H3. The van der Waals surface area contributed by atoms with Gasteiger partial charge in [0.15, 0.2) is 11.6 Å². The summed E-state index contributed by atoms with van der Waals surface area (Å²) in [5.41, 5.74) is 4.54. The van der Waals surface area contributed by atoms with Gasteiger partial charge in [0.05, 0.1) is 11.4 Å². The summed E-state index contributed by atoms with van der Waals surface area (Å²) in [6, 6.07) is 11.9. The Kier molecular flexibility index (Phi) is 6.75. The third kappa shape index (κ3) is 5.18. The van der Waals surface area contributed by atoms with Gasteiger partial charge in [0, 0.05) is 69.2 Å². The molecule has 164 valence electrons. The lowest BCUT2D eigenvalue weighted by Gasteiger charge is -2.32. The maximum atomic E-state index is 13.8. The van der Waals surface area contributed by atoms with Gasteiger partial charge in [-0.3, -0.25) is 4.90 Å². The summed E-state index contributed by atoms with van der Waals surface area (Å²) in [6.45, 7) is 9.01. The molecule has 0 saturated carbocycles. The first-order valence-electron chi connectivity index (χ1n) is 10.7. The molecule has 4 rings (SSSR count). The van der Waals surface area contributed by atoms with Gasteiger partial charge in [0.1, 0.15) is 0 Å². The van der Waals surface area contributed by atoms with Gasteiger partial charge in [0.25, 0.3) is 0 Å². The van der Waals surface area contributed by atoms with E-state index in [1.807, 2.05) is 24.4 Å². The fourth-order valence-electron chi connectivity index (χ4n) is 3.90. The average molecular weight is 426 g/mol. The molecular formula is C24H29F2N5. The van der Waals surface area contributed by atoms with Crippen LogP contribution in [-0.4, -0.2) is 65.9 Å². The molecule has 1 N–H and O–H groups in total. The molecule has 0 spiro atoms. The summed E-state index contributed by atoms with van der Waals surface area (Å²) in [4.78, 5) is 4.82. The summed E-state index contributed by atoms with van der Waals surface area (Å²) in [5.74, 6) is -1.74. The van der Waals surface area contributed by atoms with Crippen molar-refractivity contribution in [1.82, 2.24) is 24.9 Å². The first-order valence-corrected chi connectivity index (χ1v) is 10.7. The van der Waals surface area contributed by atoms with Crippen molar-refractivity contribution in [3.8, 4) is 16.9 Å². The van der Waals surface area contributed by atoms with Crippen LogP contribution in [0.3, 0.4) is 0 Å². The van der Waals surface area contributed by atoms with E-state index in [1.54, 1.807) is 4.68 Å². The molecule has 1 aliphatic heterocycles. The zero-order valence-electron chi connectivity index (χ0n) is 18.1. The Hall–Kier alpha value is -2.61. The zero-order valence-corrected chi connectivity index (χ0v) is 18.1. The molecule has 0 amide bonds. The summed E-state index contributed by atoms with van der Waals surface area (Å²) < 4.78 is 28.8. The largest absolute Gasteiger partial charge is 0.311 e. The highest BCUT2D eigenvalue weighted by molar-refractivity contribution is 5.66. The van der Waals surface area contributed by atoms with E-state index in [2.05, 4.69) is 35.2 Å². The van der Waals surface area contributed by atoms with Gasteiger partial charge >= 0.3 is 0 Å². The van der Waals surface area contributed by atoms with Crippen LogP contribution in [0.15, 0.2) is 48.7 Å². The molecule has 2 heterocycles. The molecular weight excluding hydrogens is 396 g/mol. The van der Waals surface area contributed by atoms with Crippen LogP contribution in [0.1, 0.15) is 11.1 Å². The number of hydrogen-bond donors (Lipinski definition) is 1. The number of piperazine rings is 1. The number of nitrogens with zero attached hydrogens (tertiary/aromatic N) is 4. The van der Waals surface area contributed by atoms with Crippen molar-refractivity contribution in [2.75, 3.05) is 46.3 Å². The number of hydrogen-bond acceptors (Lipinski definition) is 4. The molecule has 7 heteroatoms. The van der Waals surface area contributed by atoms with Crippen molar-refractivity contribution in [2.45, 2.75) is 13.5 Å². The Labute approximate surface area is 182 Å². The smallest absolute Gasteiger partial charge is 0.160 e. The van der Waals surface area contributed by atoms with E-state index < -0.39 is 11.6 Å². The fraction of sp³-hybridized carbons (Fsp3) is 0.375. The lowest BCUT2D eigenvalue weighted by molar-refractivity contribution is 0.154. The summed E-state index contributed by atoms with van der Waals surface area (Å²) >= 11 is 0. The van der Waals surface area contributed by atoms with Crippen LogP contribution in [-0.2, 0) is 6.54 Å². The van der Waals surface area contributed by atoms with Crippen molar-refractivity contribution in [3.63, 3.8) is 0 Å². The highest BCUT2D eigenvalue weighted by Crippen LogP contribution is 2.27. The van der Waals surface area contributed by atoms with Gasteiger partial charge < -0.3 is 10.2 Å². The number of nitrogens with one attached hydrogen (secondary N) is 1. The second-order valence-corrected chi connectivity index (χ2v) is 8.18. The van der Waals surface area contributed by atoms with E-state index in [-0.39, 0.29) is 0 Å². The first kappa shape index (κ1) is 21.6. The lowest BCUT2D eigenvalue weighted by atomic mass is 10.0. The van der Waals surface area contributed by atoms with E-state index >= 15 is 0 Å². The van der Waals surface area contributed by atoms with E-state index in [0.29, 0.717) is 12.2 Å². The first-order chi connectivity index (χ1) is 15.0. The van der Waals surface area contributed by atoms with Gasteiger partial charge in [-0.2, -0.15) is 5.10 Å². The Morgan fingerprint density at radius 3 is 2.52 bits per heavy atom. The predicted octanol–water partition coefficient (Wildman–Crippen LogP) is 3.46. The predicted molar refractivity (Wildman–Crippen MR) is 119 cm³/mol. The highest BCUT2D eigenvalue weighted by atomic mass is 19.2. The molecule has 0 atom stereocenters. The van der Waals surface area contributed by atoms with Crippen molar-refractivity contribution >= 4 is 0 Å². The number of rotatable bonds is 7. The summed E-state index contributed by atoms with van der Waals surface area (Å²) in [7, 11) is 2.16. The molecule has 1 fully saturated rings. The molecule has 0 unspecified atom stereocenters. The van der Waals surface area contributed by atoms with Crippen molar-refractivity contribution in [3.05, 3.63) is 71.4 Å². The normalized spacial score (nSPS) is 15.5. The molecule has 0 aliphatic carbocycles. The van der Waals surface area contributed by atoms with Crippen LogP contribution >= 0.6 is 0 Å². The minimum absolute atomic E-state index is 0.498. The fourth-order valence-corrected chi connectivity index (χ4v) is 3.90. The van der Waals surface area contributed by atoms with E-state index in [0.717, 1.165) is 67.7 Å². The average Bonchev–Trinajstić information content (AvgIpc) is 3.18. The third-order valence-corrected chi connectivity index (χ3v) is 5.87. The van der Waals surface area contributed by atoms with Gasteiger partial charge in [0.2, 0.25) is 0 Å². The maximum Gasteiger partial charge on any atom is 0.160 e. The summed E-state index contributed by atoms with van der Waals surface area (Å²) in [5, 5.41) is 8.26. The van der Waals surface area contributed by atoms with Crippen LogP contribution in [0.2, 0.25) is 0 Å². The minimum atomic E-state index is -0.878. The quantitative estimate of drug-likeness (QED) is 0.588. The van der Waals surface area contributed by atoms with Crippen LogP contribution in [0.4, 0.5) is 8.78 Å². The van der Waals surface area contributed by atoms with Crippen molar-refractivity contribution in [2.24, 2.45) is 0 Å². The minimum Gasteiger partial charge on any atom is -0.311 e. The number of aromatic nitrogens is 2. The molecule has 2 aromatic carbocycles. The number of aryl methyl sites for hydroxylation is 1. The van der Waals surface area contributed by atoms with Gasteiger partial charge in [-0.25, -0.2) is 13.5 Å². The van der Waals surface area contributed by atoms with Crippen LogP contribution in [0.25, 0.3) is 16.9 Å². The van der Waals surface area contributed by atoms with Crippen molar-refractivity contribution in [1.29, 1.82) is 0 Å². The number of likely N-dealkylation sites (N-methyl/N-ethyl adjacent to an activating group) is 1. The molecule has 31 heavy (non-hydrogen) atoms. The maximum absolute atomic E-state index is 13.8. The van der Waals surface area contributed by atoms with Crippen LogP contribution in [0, 0.1) is 18.6 Å².